The maximum atomic E-state index is 2.47. The van der Waals surface area contributed by atoms with E-state index in [0.717, 1.165) is 28.3 Å². The van der Waals surface area contributed by atoms with Gasteiger partial charge in [-0.2, -0.15) is 0 Å². The number of hydrogen-bond acceptors (Lipinski definition) is 1. The highest BCUT2D eigenvalue weighted by atomic mass is 15.1. The lowest BCUT2D eigenvalue weighted by atomic mass is 9.92. The van der Waals surface area contributed by atoms with Crippen molar-refractivity contribution in [2.45, 2.75) is 0 Å². The number of benzene rings is 12. The third-order valence-electron chi connectivity index (χ3n) is 14.0. The zero-order valence-electron chi connectivity index (χ0n) is 38.5. The fraction of sp³-hybridized carbons (Fsp3) is 0. The largest absolute Gasteiger partial charge is 0.310 e. The molecular weight excluding hydrogens is 845 g/mol. The molecule has 1 aromatic heterocycles. The molecule has 0 N–H and O–H groups in total. The fourth-order valence-corrected chi connectivity index (χ4v) is 10.7. The monoisotopic (exact) mass is 890 g/mol. The van der Waals surface area contributed by atoms with Gasteiger partial charge in [-0.1, -0.05) is 206 Å². The highest BCUT2D eigenvalue weighted by Gasteiger charge is 2.19. The molecule has 0 radical (unpaired) electrons. The summed E-state index contributed by atoms with van der Waals surface area (Å²) < 4.78 is 2.47. The molecule has 0 saturated heterocycles. The van der Waals surface area contributed by atoms with E-state index in [9.17, 15) is 0 Å². The number of para-hydroxylation sites is 2. The molecule has 0 aliphatic rings. The molecule has 0 unspecified atom stereocenters. The van der Waals surface area contributed by atoms with Crippen molar-refractivity contribution < 1.29 is 0 Å². The van der Waals surface area contributed by atoms with Crippen molar-refractivity contribution in [1.29, 1.82) is 0 Å². The van der Waals surface area contributed by atoms with Crippen LogP contribution in [-0.4, -0.2) is 4.57 Å². The van der Waals surface area contributed by atoms with Gasteiger partial charge < -0.3 is 9.47 Å². The van der Waals surface area contributed by atoms with Gasteiger partial charge in [-0.15, -0.1) is 0 Å². The fourth-order valence-electron chi connectivity index (χ4n) is 10.7. The first-order chi connectivity index (χ1) is 34.7. The summed E-state index contributed by atoms with van der Waals surface area (Å²) in [6, 6.07) is 102. The summed E-state index contributed by atoms with van der Waals surface area (Å²) in [5.41, 5.74) is 18.7. The Morgan fingerprint density at radius 3 is 1.34 bits per heavy atom. The van der Waals surface area contributed by atoms with E-state index in [2.05, 4.69) is 289 Å². The number of aromatic nitrogens is 1. The van der Waals surface area contributed by atoms with Gasteiger partial charge in [0.25, 0.3) is 0 Å². The zero-order chi connectivity index (χ0) is 46.4. The molecule has 2 heteroatoms. The Hall–Kier alpha value is -9.24. The molecule has 0 spiro atoms. The second-order valence-electron chi connectivity index (χ2n) is 18.1. The zero-order valence-corrected chi connectivity index (χ0v) is 38.5. The number of rotatable bonds is 9. The summed E-state index contributed by atoms with van der Waals surface area (Å²) in [5.74, 6) is 0. The van der Waals surface area contributed by atoms with Gasteiger partial charge in [-0.3, -0.25) is 0 Å². The van der Waals surface area contributed by atoms with Crippen LogP contribution in [0.3, 0.4) is 0 Å². The van der Waals surface area contributed by atoms with E-state index in [0.29, 0.717) is 0 Å². The molecule has 12 aromatic carbocycles. The molecule has 0 aliphatic heterocycles. The van der Waals surface area contributed by atoms with Crippen LogP contribution in [0.15, 0.2) is 279 Å². The quantitative estimate of drug-likeness (QED) is 0.140. The number of fused-ring (bicyclic) bond motifs is 5. The lowest BCUT2D eigenvalue weighted by Gasteiger charge is -2.26. The van der Waals surface area contributed by atoms with E-state index in [1.165, 1.54) is 93.4 Å². The molecule has 1 heterocycles. The summed E-state index contributed by atoms with van der Waals surface area (Å²) in [6.07, 6.45) is 0. The van der Waals surface area contributed by atoms with Crippen molar-refractivity contribution >= 4 is 60.4 Å². The van der Waals surface area contributed by atoms with Gasteiger partial charge in [0.1, 0.15) is 0 Å². The Morgan fingerprint density at radius 2 is 0.671 bits per heavy atom. The molecule has 328 valence electrons. The second kappa shape index (κ2) is 17.4. The highest BCUT2D eigenvalue weighted by Crippen LogP contribution is 2.43. The van der Waals surface area contributed by atoms with E-state index in [1.54, 1.807) is 0 Å². The van der Waals surface area contributed by atoms with Gasteiger partial charge in [0.2, 0.25) is 0 Å². The first-order valence-electron chi connectivity index (χ1n) is 24.1. The van der Waals surface area contributed by atoms with Crippen LogP contribution in [0.4, 0.5) is 17.1 Å². The topological polar surface area (TPSA) is 8.17 Å². The maximum Gasteiger partial charge on any atom is 0.0541 e. The molecule has 0 atom stereocenters. The van der Waals surface area contributed by atoms with Gasteiger partial charge in [-0.25, -0.2) is 0 Å². The van der Waals surface area contributed by atoms with Gasteiger partial charge in [0, 0.05) is 33.5 Å². The van der Waals surface area contributed by atoms with Crippen LogP contribution in [0.5, 0.6) is 0 Å². The Balaban J connectivity index is 0.932. The third-order valence-corrected chi connectivity index (χ3v) is 14.0. The van der Waals surface area contributed by atoms with Crippen LogP contribution in [0, 0.1) is 0 Å². The average Bonchev–Trinajstić information content (AvgIpc) is 3.77. The summed E-state index contributed by atoms with van der Waals surface area (Å²) >= 11 is 0. The van der Waals surface area contributed by atoms with Gasteiger partial charge in [-0.05, 0) is 150 Å². The van der Waals surface area contributed by atoms with Crippen LogP contribution in [0.25, 0.3) is 105 Å². The van der Waals surface area contributed by atoms with E-state index in [1.807, 2.05) is 0 Å². The molecule has 0 fully saturated rings. The molecule has 13 rings (SSSR count). The molecule has 0 bridgehead atoms. The maximum absolute atomic E-state index is 2.47. The highest BCUT2D eigenvalue weighted by molar-refractivity contribution is 6.11. The summed E-state index contributed by atoms with van der Waals surface area (Å²) in [6.45, 7) is 0. The Morgan fingerprint density at radius 1 is 0.229 bits per heavy atom. The SMILES string of the molecule is c1ccc(-c2ccccc2-c2ccc(N(c3ccccc3)c3cccc(-c4ccc5c(c4)c4ccccc4n5-c4cc(-c5cccc6ccccc56)cc(-c5cccc6ccccc56)c4)c3)cc2)cc1. The van der Waals surface area contributed by atoms with E-state index in [-0.39, 0.29) is 0 Å². The first-order valence-corrected chi connectivity index (χ1v) is 24.1. The average molecular weight is 891 g/mol. The number of nitrogens with zero attached hydrogens (tertiary/aromatic N) is 2. The van der Waals surface area contributed by atoms with Crippen molar-refractivity contribution in [3.63, 3.8) is 0 Å². The number of hydrogen-bond donors (Lipinski definition) is 0. The lowest BCUT2D eigenvalue weighted by Crippen LogP contribution is -2.09. The minimum atomic E-state index is 1.09. The van der Waals surface area contributed by atoms with E-state index in [4.69, 9.17) is 0 Å². The van der Waals surface area contributed by atoms with Gasteiger partial charge >= 0.3 is 0 Å². The normalized spacial score (nSPS) is 11.4. The predicted molar refractivity (Wildman–Crippen MR) is 298 cm³/mol. The lowest BCUT2D eigenvalue weighted by molar-refractivity contribution is 1.18. The molecule has 2 nitrogen and oxygen atoms in total. The first kappa shape index (κ1) is 41.0. The van der Waals surface area contributed by atoms with Crippen molar-refractivity contribution in [3.05, 3.63) is 279 Å². The van der Waals surface area contributed by atoms with Crippen LogP contribution < -0.4 is 4.90 Å². The summed E-state index contributed by atoms with van der Waals surface area (Å²) in [4.78, 5) is 2.36. The molecule has 0 saturated carbocycles. The molecular formula is C68H46N2. The Labute approximate surface area is 408 Å². The van der Waals surface area contributed by atoms with Crippen molar-refractivity contribution in [2.24, 2.45) is 0 Å². The van der Waals surface area contributed by atoms with E-state index >= 15 is 0 Å². The van der Waals surface area contributed by atoms with Gasteiger partial charge in [0.05, 0.1) is 11.0 Å². The summed E-state index contributed by atoms with van der Waals surface area (Å²) in [5, 5.41) is 7.39. The van der Waals surface area contributed by atoms with Crippen molar-refractivity contribution in [2.75, 3.05) is 4.90 Å². The third kappa shape index (κ3) is 7.31. The minimum Gasteiger partial charge on any atom is -0.310 e. The molecule has 0 aliphatic carbocycles. The molecule has 13 aromatic rings. The molecule has 0 amide bonds. The summed E-state index contributed by atoms with van der Waals surface area (Å²) in [7, 11) is 0. The standard InChI is InChI=1S/C68H46N2/c1-3-18-47(19-4-1)59-30-11-12-31-62(59)50-36-39-56(40-37-50)69(55-25-5-2-6-26-55)57-27-15-24-51(43-57)52-38-41-68-66(46-52)65-32-13-14-35-67(65)70(68)58-44-53(63-33-16-22-48-20-7-9-28-60(48)63)42-54(45-58)64-34-17-23-49-21-8-10-29-61(49)64/h1-46H. The number of anilines is 3. The van der Waals surface area contributed by atoms with Crippen molar-refractivity contribution in [1.82, 2.24) is 4.57 Å². The Bertz CT molecular complexity index is 3950. The smallest absolute Gasteiger partial charge is 0.0541 e. The van der Waals surface area contributed by atoms with Crippen molar-refractivity contribution in [3.8, 4) is 61.3 Å². The van der Waals surface area contributed by atoms with E-state index < -0.39 is 0 Å². The van der Waals surface area contributed by atoms with Crippen LogP contribution >= 0.6 is 0 Å². The van der Waals surface area contributed by atoms with Gasteiger partial charge in [0.15, 0.2) is 0 Å². The van der Waals surface area contributed by atoms with Crippen LogP contribution in [0.1, 0.15) is 0 Å². The minimum absolute atomic E-state index is 1.09. The van der Waals surface area contributed by atoms with Crippen LogP contribution in [0.2, 0.25) is 0 Å². The molecule has 70 heavy (non-hydrogen) atoms. The predicted octanol–water partition coefficient (Wildman–Crippen LogP) is 18.9. The Kier molecular flexibility index (Phi) is 10.2. The van der Waals surface area contributed by atoms with Crippen LogP contribution in [-0.2, 0) is 0 Å². The second-order valence-corrected chi connectivity index (χ2v) is 18.1.